The van der Waals surface area contributed by atoms with Gasteiger partial charge in [0.15, 0.2) is 0 Å². The van der Waals surface area contributed by atoms with E-state index in [9.17, 15) is 14.7 Å². The minimum atomic E-state index is -1.49. The Hall–Kier alpha value is -3.37. The van der Waals surface area contributed by atoms with Gasteiger partial charge in [0, 0.05) is 31.3 Å². The van der Waals surface area contributed by atoms with Gasteiger partial charge in [0.1, 0.15) is 18.6 Å². The fourth-order valence-electron chi connectivity index (χ4n) is 4.12. The number of hydrogen-bond donors (Lipinski definition) is 5. The van der Waals surface area contributed by atoms with Crippen LogP contribution >= 0.6 is 0 Å². The van der Waals surface area contributed by atoms with Crippen LogP contribution in [0.3, 0.4) is 0 Å². The molecule has 3 unspecified atom stereocenters. The first-order chi connectivity index (χ1) is 17.2. The number of ketones is 1. The minimum absolute atomic E-state index is 0.0680. The Morgan fingerprint density at radius 2 is 1.69 bits per heavy atom. The lowest BCUT2D eigenvalue weighted by Crippen LogP contribution is -2.41. The molecule has 36 heavy (non-hydrogen) atoms. The predicted molar refractivity (Wildman–Crippen MR) is 135 cm³/mol. The molecule has 0 saturated carbocycles. The molecule has 0 saturated heterocycles. The molecule has 2 aromatic rings. The lowest BCUT2D eigenvalue weighted by molar-refractivity contribution is -0.148. The molecule has 3 rings (SSSR count). The molecule has 0 aliphatic heterocycles. The zero-order valence-corrected chi connectivity index (χ0v) is 20.3. The number of aryl methyl sites for hydroxylation is 2. The summed E-state index contributed by atoms with van der Waals surface area (Å²) < 4.78 is 5.84. The predicted octanol–water partition coefficient (Wildman–Crippen LogP) is 1.83. The molecule has 7 N–H and O–H groups in total. The first-order valence-electron chi connectivity index (χ1n) is 12.0. The van der Waals surface area contributed by atoms with Crippen molar-refractivity contribution in [2.24, 2.45) is 23.3 Å². The zero-order valence-electron chi connectivity index (χ0n) is 20.3. The van der Waals surface area contributed by atoms with Gasteiger partial charge in [0.2, 0.25) is 5.78 Å². The van der Waals surface area contributed by atoms with Gasteiger partial charge in [-0.3, -0.25) is 15.1 Å². The number of nitrogens with two attached hydrogens (primary N) is 2. The van der Waals surface area contributed by atoms with E-state index in [1.807, 2.05) is 43.3 Å². The van der Waals surface area contributed by atoms with Crippen LogP contribution in [0.4, 0.5) is 0 Å². The Morgan fingerprint density at radius 3 is 2.31 bits per heavy atom. The molecule has 1 heterocycles. The third-order valence-corrected chi connectivity index (χ3v) is 6.21. The lowest BCUT2D eigenvalue weighted by Gasteiger charge is -2.29. The van der Waals surface area contributed by atoms with Crippen LogP contribution < -0.4 is 16.8 Å². The van der Waals surface area contributed by atoms with E-state index in [1.54, 1.807) is 24.5 Å². The number of pyridine rings is 1. The topological polar surface area (TPSA) is 161 Å². The maximum absolute atomic E-state index is 11.8. The van der Waals surface area contributed by atoms with E-state index in [1.165, 1.54) is 11.1 Å². The first kappa shape index (κ1) is 27.2. The highest BCUT2D eigenvalue weighted by molar-refractivity contribution is 6.33. The van der Waals surface area contributed by atoms with E-state index in [4.69, 9.17) is 21.3 Å². The molecule has 1 aliphatic carbocycles. The molecular weight excluding hydrogens is 460 g/mol. The molecule has 1 aromatic heterocycles. The smallest absolute Gasteiger partial charge is 0.372 e. The maximum atomic E-state index is 11.8. The third kappa shape index (κ3) is 7.82. The van der Waals surface area contributed by atoms with E-state index in [-0.39, 0.29) is 24.9 Å². The fraction of sp³-hybridized carbons (Fsp3) is 0.370. The number of carboxylic acid groups (broad SMARTS) is 1. The summed E-state index contributed by atoms with van der Waals surface area (Å²) in [6.45, 7) is 2.40. The summed E-state index contributed by atoms with van der Waals surface area (Å²) in [6.07, 6.45) is 7.13. The van der Waals surface area contributed by atoms with Gasteiger partial charge in [-0.25, -0.2) is 4.79 Å². The highest BCUT2D eigenvalue weighted by Gasteiger charge is 2.28. The zero-order chi connectivity index (χ0) is 26.1. The monoisotopic (exact) mass is 494 g/mol. The molecule has 0 bridgehead atoms. The normalized spacial score (nSPS) is 18.4. The molecule has 192 valence electrons. The summed E-state index contributed by atoms with van der Waals surface area (Å²) in [7, 11) is 0. The number of allylic oxidation sites excluding steroid dienone is 2. The van der Waals surface area contributed by atoms with Crippen molar-refractivity contribution in [1.82, 2.24) is 10.3 Å². The number of carboxylic acids is 1. The van der Waals surface area contributed by atoms with Crippen molar-refractivity contribution >= 4 is 11.8 Å². The van der Waals surface area contributed by atoms with Crippen LogP contribution in [-0.2, 0) is 27.2 Å². The number of aliphatic hydroxyl groups excluding tert-OH is 1. The fourth-order valence-corrected chi connectivity index (χ4v) is 4.12. The van der Waals surface area contributed by atoms with E-state index < -0.39 is 24.1 Å². The highest BCUT2D eigenvalue weighted by Crippen LogP contribution is 2.31. The number of aliphatic carboxylic acids is 1. The highest BCUT2D eigenvalue weighted by atomic mass is 16.5. The Balaban J connectivity index is 1.50. The van der Waals surface area contributed by atoms with Crippen molar-refractivity contribution in [2.45, 2.75) is 38.6 Å². The quantitative estimate of drug-likeness (QED) is 0.159. The number of aromatic nitrogens is 1. The number of carbonyl (C=O) groups excluding carboxylic acids is 1. The van der Waals surface area contributed by atoms with Crippen molar-refractivity contribution in [1.29, 1.82) is 0 Å². The number of nitrogens with one attached hydrogen (secondary N) is 1. The second kappa shape index (κ2) is 13.1. The van der Waals surface area contributed by atoms with Crippen molar-refractivity contribution in [3.63, 3.8) is 0 Å². The Labute approximate surface area is 210 Å². The lowest BCUT2D eigenvalue weighted by atomic mass is 9.83. The third-order valence-electron chi connectivity index (χ3n) is 6.21. The average molecular weight is 495 g/mol. The van der Waals surface area contributed by atoms with Gasteiger partial charge in [-0.15, -0.1) is 0 Å². The van der Waals surface area contributed by atoms with E-state index >= 15 is 0 Å². The number of carbonyl (C=O) groups is 2. The van der Waals surface area contributed by atoms with Crippen molar-refractivity contribution < 1.29 is 24.5 Å². The first-order valence-corrected chi connectivity index (χ1v) is 12.0. The SMILES string of the molecule is CC1C=C(CC(=O)C(=O)O)C(OCCNC(O)c2ccc(CCc3ccncc3)cc2)=CC1C(N)N. The van der Waals surface area contributed by atoms with Gasteiger partial charge >= 0.3 is 5.97 Å². The molecule has 9 nitrogen and oxygen atoms in total. The Morgan fingerprint density at radius 1 is 1.06 bits per heavy atom. The van der Waals surface area contributed by atoms with Crippen LogP contribution in [0.15, 0.2) is 72.3 Å². The molecule has 1 aliphatic rings. The second-order valence-corrected chi connectivity index (χ2v) is 8.94. The van der Waals surface area contributed by atoms with Crippen LogP contribution in [0.25, 0.3) is 0 Å². The van der Waals surface area contributed by atoms with Gasteiger partial charge in [-0.1, -0.05) is 37.3 Å². The van der Waals surface area contributed by atoms with Crippen LogP contribution in [0.2, 0.25) is 0 Å². The molecule has 0 amide bonds. The molecule has 9 heteroatoms. The summed E-state index contributed by atoms with van der Waals surface area (Å²) in [5.41, 5.74) is 15.4. The van der Waals surface area contributed by atoms with Crippen LogP contribution in [-0.4, -0.2) is 46.3 Å². The number of benzene rings is 1. The van der Waals surface area contributed by atoms with Crippen molar-refractivity contribution in [2.75, 3.05) is 13.2 Å². The van der Waals surface area contributed by atoms with Gasteiger partial charge in [-0.2, -0.15) is 0 Å². The minimum Gasteiger partial charge on any atom is -0.492 e. The molecule has 0 fully saturated rings. The number of nitrogens with zero attached hydrogens (tertiary/aromatic N) is 1. The largest absolute Gasteiger partial charge is 0.492 e. The van der Waals surface area contributed by atoms with Crippen LogP contribution in [0.1, 0.15) is 36.3 Å². The Kier molecular flexibility index (Phi) is 9.89. The molecule has 0 radical (unpaired) electrons. The van der Waals surface area contributed by atoms with Gasteiger partial charge in [0.25, 0.3) is 0 Å². The van der Waals surface area contributed by atoms with E-state index in [0.29, 0.717) is 17.9 Å². The average Bonchev–Trinajstić information content (AvgIpc) is 2.86. The van der Waals surface area contributed by atoms with Crippen LogP contribution in [0.5, 0.6) is 0 Å². The number of aliphatic hydroxyl groups is 1. The Bertz CT molecular complexity index is 1080. The number of ether oxygens (including phenoxy) is 1. The molecule has 0 spiro atoms. The molecular formula is C27H34N4O5. The summed E-state index contributed by atoms with van der Waals surface area (Å²) >= 11 is 0. The van der Waals surface area contributed by atoms with Gasteiger partial charge in [0.05, 0.1) is 6.17 Å². The van der Waals surface area contributed by atoms with E-state index in [2.05, 4.69) is 10.3 Å². The van der Waals surface area contributed by atoms with Gasteiger partial charge < -0.3 is 26.4 Å². The number of hydrogen-bond acceptors (Lipinski definition) is 8. The summed E-state index contributed by atoms with van der Waals surface area (Å²) in [5.74, 6) is -2.30. The summed E-state index contributed by atoms with van der Waals surface area (Å²) in [5, 5.41) is 22.5. The maximum Gasteiger partial charge on any atom is 0.372 e. The van der Waals surface area contributed by atoms with Crippen molar-refractivity contribution in [3.8, 4) is 0 Å². The van der Waals surface area contributed by atoms with Crippen molar-refractivity contribution in [3.05, 3.63) is 89.0 Å². The van der Waals surface area contributed by atoms with Gasteiger partial charge in [-0.05, 0) is 59.2 Å². The van der Waals surface area contributed by atoms with E-state index in [0.717, 1.165) is 18.4 Å². The van der Waals surface area contributed by atoms with Crippen LogP contribution in [0, 0.1) is 11.8 Å². The second-order valence-electron chi connectivity index (χ2n) is 8.94. The standard InChI is InChI=1S/C27H34N4O5/c1-17-14-21(15-23(32)27(34)35)24(16-22(17)25(28)29)36-13-12-31-26(33)20-6-4-18(5-7-20)2-3-19-8-10-30-11-9-19/h4-11,14,16-17,22,25-26,31,33H,2-3,12-13,15,28-29H2,1H3,(H,34,35). The number of rotatable bonds is 13. The number of Topliss-reactive ketones (excluding diaryl/α,β-unsaturated/α-hetero) is 1. The summed E-state index contributed by atoms with van der Waals surface area (Å²) in [6, 6.07) is 11.8. The summed E-state index contributed by atoms with van der Waals surface area (Å²) in [4.78, 5) is 26.8. The molecule has 3 atom stereocenters. The molecule has 1 aromatic carbocycles.